The molecule has 0 spiro atoms. The minimum atomic E-state index is -0.761. The third kappa shape index (κ3) is 5.01. The van der Waals surface area contributed by atoms with E-state index < -0.39 is 5.97 Å². The van der Waals surface area contributed by atoms with Gasteiger partial charge in [-0.1, -0.05) is 43.3 Å². The number of ether oxygens (including phenoxy) is 1. The molecule has 6 heteroatoms. The molecule has 32 heavy (non-hydrogen) atoms. The van der Waals surface area contributed by atoms with E-state index >= 15 is 0 Å². The Morgan fingerprint density at radius 2 is 2.06 bits per heavy atom. The van der Waals surface area contributed by atoms with Gasteiger partial charge in [-0.05, 0) is 56.9 Å². The van der Waals surface area contributed by atoms with Crippen LogP contribution in [0.3, 0.4) is 0 Å². The summed E-state index contributed by atoms with van der Waals surface area (Å²) >= 11 is 0. The number of unbranched alkanes of at least 4 members (excludes halogenated alkanes) is 1. The number of benzene rings is 1. The quantitative estimate of drug-likeness (QED) is 0.387. The molecule has 2 atom stereocenters. The van der Waals surface area contributed by atoms with E-state index in [1.54, 1.807) is 0 Å². The summed E-state index contributed by atoms with van der Waals surface area (Å²) in [6.07, 6.45) is 9.24. The number of carbonyl (C=O) groups is 1. The summed E-state index contributed by atoms with van der Waals surface area (Å²) < 4.78 is 12.5. The first kappa shape index (κ1) is 22.1. The van der Waals surface area contributed by atoms with Crippen LogP contribution in [0.1, 0.15) is 64.4 Å². The monoisotopic (exact) mass is 434 g/mol. The van der Waals surface area contributed by atoms with Gasteiger partial charge in [0.2, 0.25) is 11.6 Å². The van der Waals surface area contributed by atoms with E-state index in [9.17, 15) is 4.79 Å². The van der Waals surface area contributed by atoms with E-state index in [2.05, 4.69) is 23.0 Å². The second-order valence-corrected chi connectivity index (χ2v) is 8.71. The Kier molecular flexibility index (Phi) is 6.88. The van der Waals surface area contributed by atoms with Crippen LogP contribution in [0.5, 0.6) is 5.88 Å². The Balaban J connectivity index is 1.70. The van der Waals surface area contributed by atoms with E-state index in [1.807, 2.05) is 37.3 Å². The van der Waals surface area contributed by atoms with Crippen molar-refractivity contribution in [2.24, 2.45) is 5.92 Å². The summed E-state index contributed by atoms with van der Waals surface area (Å²) in [4.78, 5) is 19.6. The minimum absolute atomic E-state index is 0.0924. The molecule has 1 aliphatic rings. The Labute approximate surface area is 188 Å². The lowest BCUT2D eigenvalue weighted by molar-refractivity contribution is -0.137. The van der Waals surface area contributed by atoms with Crippen LogP contribution in [-0.2, 0) is 4.79 Å². The topological polar surface area (TPSA) is 85.5 Å². The SMILES string of the molecule is CC1CC=C(c2c(-c3ccccc3)oc3ncnc(OC(C)CCCCC(=O)O)c23)CC1. The van der Waals surface area contributed by atoms with E-state index in [0.29, 0.717) is 23.9 Å². The van der Waals surface area contributed by atoms with Gasteiger partial charge in [-0.25, -0.2) is 9.97 Å². The lowest BCUT2D eigenvalue weighted by atomic mass is 9.86. The molecule has 4 rings (SSSR count). The van der Waals surface area contributed by atoms with Gasteiger partial charge in [0.15, 0.2) is 0 Å². The van der Waals surface area contributed by atoms with Gasteiger partial charge in [-0.15, -0.1) is 0 Å². The number of furan rings is 1. The van der Waals surface area contributed by atoms with Crippen LogP contribution in [0, 0.1) is 5.92 Å². The largest absolute Gasteiger partial charge is 0.481 e. The van der Waals surface area contributed by atoms with E-state index in [0.717, 1.165) is 54.4 Å². The molecule has 0 bridgehead atoms. The molecule has 1 aromatic carbocycles. The second-order valence-electron chi connectivity index (χ2n) is 8.71. The molecule has 0 radical (unpaired) electrons. The second kappa shape index (κ2) is 9.98. The Bertz CT molecular complexity index is 1100. The van der Waals surface area contributed by atoms with Gasteiger partial charge in [0.1, 0.15) is 17.5 Å². The molecule has 2 aromatic heterocycles. The summed E-state index contributed by atoms with van der Waals surface area (Å²) in [6, 6.07) is 10.1. The summed E-state index contributed by atoms with van der Waals surface area (Å²) in [6.45, 7) is 4.27. The molecule has 0 amide bonds. The van der Waals surface area contributed by atoms with E-state index in [-0.39, 0.29) is 12.5 Å². The van der Waals surface area contributed by atoms with Crippen molar-refractivity contribution in [3.63, 3.8) is 0 Å². The molecule has 2 unspecified atom stereocenters. The number of fused-ring (bicyclic) bond motifs is 1. The van der Waals surface area contributed by atoms with Crippen LogP contribution in [-0.4, -0.2) is 27.1 Å². The molecular weight excluding hydrogens is 404 g/mol. The van der Waals surface area contributed by atoms with Crippen LogP contribution in [0.4, 0.5) is 0 Å². The highest BCUT2D eigenvalue weighted by Crippen LogP contribution is 2.44. The van der Waals surface area contributed by atoms with Gasteiger partial charge in [0.25, 0.3) is 0 Å². The van der Waals surface area contributed by atoms with Crippen LogP contribution < -0.4 is 4.74 Å². The first-order valence-electron chi connectivity index (χ1n) is 11.4. The summed E-state index contributed by atoms with van der Waals surface area (Å²) in [5.41, 5.74) is 3.83. The number of hydrogen-bond donors (Lipinski definition) is 1. The van der Waals surface area contributed by atoms with Crippen molar-refractivity contribution in [3.05, 3.63) is 48.3 Å². The standard InChI is InChI=1S/C26H30N2O4/c1-17-12-14-19(15-13-17)22-23-25(31-18(2)8-6-7-11-21(29)30)27-16-28-26(23)32-24(22)20-9-4-3-5-10-20/h3-5,9-10,14,16-18H,6-8,11-13,15H2,1-2H3,(H,29,30). The number of aromatic nitrogens is 2. The Hall–Kier alpha value is -3.15. The molecule has 0 fully saturated rings. The molecule has 0 aliphatic heterocycles. The van der Waals surface area contributed by atoms with Gasteiger partial charge < -0.3 is 14.3 Å². The van der Waals surface area contributed by atoms with Gasteiger partial charge in [-0.3, -0.25) is 4.79 Å². The maximum atomic E-state index is 10.7. The Morgan fingerprint density at radius 3 is 2.78 bits per heavy atom. The lowest BCUT2D eigenvalue weighted by Gasteiger charge is -2.19. The van der Waals surface area contributed by atoms with Crippen molar-refractivity contribution >= 4 is 22.6 Å². The molecule has 0 saturated carbocycles. The highest BCUT2D eigenvalue weighted by Gasteiger charge is 2.26. The van der Waals surface area contributed by atoms with Crippen molar-refractivity contribution in [2.75, 3.05) is 0 Å². The fourth-order valence-corrected chi connectivity index (χ4v) is 4.25. The van der Waals surface area contributed by atoms with Gasteiger partial charge >= 0.3 is 5.97 Å². The first-order valence-corrected chi connectivity index (χ1v) is 11.4. The Morgan fingerprint density at radius 1 is 1.25 bits per heavy atom. The molecule has 1 N–H and O–H groups in total. The van der Waals surface area contributed by atoms with Crippen molar-refractivity contribution in [1.29, 1.82) is 0 Å². The molecule has 1 aliphatic carbocycles. The number of aliphatic carboxylic acids is 1. The van der Waals surface area contributed by atoms with Gasteiger partial charge in [0.05, 0.1) is 6.10 Å². The van der Waals surface area contributed by atoms with Crippen molar-refractivity contribution < 1.29 is 19.1 Å². The van der Waals surface area contributed by atoms with Crippen LogP contribution >= 0.6 is 0 Å². The molecule has 0 saturated heterocycles. The highest BCUT2D eigenvalue weighted by atomic mass is 16.5. The zero-order chi connectivity index (χ0) is 22.5. The van der Waals surface area contributed by atoms with Crippen LogP contribution in [0.2, 0.25) is 0 Å². The number of hydrogen-bond acceptors (Lipinski definition) is 5. The number of allylic oxidation sites excluding steroid dienone is 2. The summed E-state index contributed by atoms with van der Waals surface area (Å²) in [5, 5.41) is 9.66. The highest BCUT2D eigenvalue weighted by molar-refractivity contribution is 5.99. The van der Waals surface area contributed by atoms with E-state index in [4.69, 9.17) is 14.3 Å². The zero-order valence-corrected chi connectivity index (χ0v) is 18.7. The molecule has 6 nitrogen and oxygen atoms in total. The van der Waals surface area contributed by atoms with Crippen LogP contribution in [0.25, 0.3) is 28.0 Å². The fourth-order valence-electron chi connectivity index (χ4n) is 4.25. The van der Waals surface area contributed by atoms with Gasteiger partial charge in [-0.2, -0.15) is 0 Å². The fraction of sp³-hybridized carbons (Fsp3) is 0.423. The lowest BCUT2D eigenvalue weighted by Crippen LogP contribution is -2.13. The third-order valence-electron chi connectivity index (χ3n) is 6.05. The molecule has 2 heterocycles. The predicted molar refractivity (Wildman–Crippen MR) is 124 cm³/mol. The number of nitrogens with zero attached hydrogens (tertiary/aromatic N) is 2. The van der Waals surface area contributed by atoms with Crippen LogP contribution in [0.15, 0.2) is 47.2 Å². The van der Waals surface area contributed by atoms with Crippen molar-refractivity contribution in [2.45, 2.75) is 64.9 Å². The average Bonchev–Trinajstić information content (AvgIpc) is 3.18. The smallest absolute Gasteiger partial charge is 0.303 e. The summed E-state index contributed by atoms with van der Waals surface area (Å²) in [7, 11) is 0. The third-order valence-corrected chi connectivity index (χ3v) is 6.05. The normalized spacial score (nSPS) is 17.2. The van der Waals surface area contributed by atoms with Gasteiger partial charge in [0, 0.05) is 17.5 Å². The van der Waals surface area contributed by atoms with E-state index in [1.165, 1.54) is 11.9 Å². The maximum Gasteiger partial charge on any atom is 0.303 e. The zero-order valence-electron chi connectivity index (χ0n) is 18.7. The molecule has 3 aromatic rings. The van der Waals surface area contributed by atoms with Crippen molar-refractivity contribution in [3.8, 4) is 17.2 Å². The number of carboxylic acids is 1. The molecule has 168 valence electrons. The molecular formula is C26H30N2O4. The first-order chi connectivity index (χ1) is 15.5. The average molecular weight is 435 g/mol. The summed E-state index contributed by atoms with van der Waals surface area (Å²) in [5.74, 6) is 1.25. The predicted octanol–water partition coefficient (Wildman–Crippen LogP) is 6.51. The maximum absolute atomic E-state index is 10.7. The van der Waals surface area contributed by atoms with Crippen molar-refractivity contribution in [1.82, 2.24) is 9.97 Å². The number of carboxylic acid groups (broad SMARTS) is 1. The minimum Gasteiger partial charge on any atom is -0.481 e. The number of rotatable bonds is 9.